The molecule has 0 amide bonds. The summed E-state index contributed by atoms with van der Waals surface area (Å²) < 4.78 is 26.8. The molecule has 2 rings (SSSR count). The summed E-state index contributed by atoms with van der Waals surface area (Å²) >= 11 is 6.54. The van der Waals surface area contributed by atoms with Crippen LogP contribution in [0, 0.1) is 28.9 Å². The van der Waals surface area contributed by atoms with Gasteiger partial charge in [-0.2, -0.15) is 0 Å². The molecule has 0 bridgehead atoms. The molecule has 3 heteroatoms. The van der Waals surface area contributed by atoms with Crippen LogP contribution in [0.15, 0.2) is 18.2 Å². The third kappa shape index (κ3) is 3.52. The van der Waals surface area contributed by atoms with Gasteiger partial charge in [-0.15, -0.1) is 11.6 Å². The van der Waals surface area contributed by atoms with Gasteiger partial charge in [0.15, 0.2) is 0 Å². The Hall–Kier alpha value is -0.630. The number of alkyl halides is 1. The van der Waals surface area contributed by atoms with Crippen LogP contribution in [0.2, 0.25) is 0 Å². The zero-order valence-corrected chi connectivity index (χ0v) is 13.2. The molecule has 0 nitrogen and oxygen atoms in total. The van der Waals surface area contributed by atoms with Gasteiger partial charge in [0.05, 0.1) is 0 Å². The highest BCUT2D eigenvalue weighted by Crippen LogP contribution is 2.44. The standard InChI is InChI=1S/C17H23ClF2/c1-11-4-7-14(15(18)8-11)17(2,3)10-12-5-6-13(19)9-16(12)20/h5-6,9,11,14-15H,4,7-8,10H2,1-3H3. The summed E-state index contributed by atoms with van der Waals surface area (Å²) in [5.74, 6) is 0.0797. The van der Waals surface area contributed by atoms with Gasteiger partial charge in [0.1, 0.15) is 11.6 Å². The summed E-state index contributed by atoms with van der Waals surface area (Å²) in [7, 11) is 0. The molecule has 1 aliphatic rings. The van der Waals surface area contributed by atoms with Crippen LogP contribution in [-0.2, 0) is 6.42 Å². The summed E-state index contributed by atoms with van der Waals surface area (Å²) in [5.41, 5.74) is 0.504. The van der Waals surface area contributed by atoms with E-state index in [1.54, 1.807) is 6.07 Å². The Balaban J connectivity index is 2.14. The molecular weight excluding hydrogens is 278 g/mol. The smallest absolute Gasteiger partial charge is 0.129 e. The van der Waals surface area contributed by atoms with E-state index >= 15 is 0 Å². The van der Waals surface area contributed by atoms with E-state index in [1.807, 2.05) is 0 Å². The molecule has 112 valence electrons. The number of halogens is 3. The van der Waals surface area contributed by atoms with Crippen molar-refractivity contribution >= 4 is 11.6 Å². The Labute approximate surface area is 125 Å². The highest BCUT2D eigenvalue weighted by atomic mass is 35.5. The van der Waals surface area contributed by atoms with Gasteiger partial charge in [0, 0.05) is 11.4 Å². The van der Waals surface area contributed by atoms with Crippen LogP contribution in [0.25, 0.3) is 0 Å². The minimum atomic E-state index is -0.522. The van der Waals surface area contributed by atoms with Crippen LogP contribution in [0.1, 0.15) is 45.6 Å². The minimum absolute atomic E-state index is 0.0781. The van der Waals surface area contributed by atoms with E-state index in [2.05, 4.69) is 20.8 Å². The fourth-order valence-electron chi connectivity index (χ4n) is 3.48. The van der Waals surface area contributed by atoms with Gasteiger partial charge in [0.25, 0.3) is 0 Å². The van der Waals surface area contributed by atoms with Crippen LogP contribution < -0.4 is 0 Å². The predicted molar refractivity (Wildman–Crippen MR) is 80.0 cm³/mol. The highest BCUT2D eigenvalue weighted by molar-refractivity contribution is 6.20. The lowest BCUT2D eigenvalue weighted by Gasteiger charge is -2.42. The SMILES string of the molecule is CC1CCC(C(C)(C)Cc2ccc(F)cc2F)C(Cl)C1. The molecule has 0 saturated heterocycles. The molecule has 0 N–H and O–H groups in total. The summed E-state index contributed by atoms with van der Waals surface area (Å²) in [6.07, 6.45) is 3.90. The molecule has 3 atom stereocenters. The first kappa shape index (κ1) is 15.8. The molecular formula is C17H23ClF2. The fraction of sp³-hybridized carbons (Fsp3) is 0.647. The maximum Gasteiger partial charge on any atom is 0.129 e. The average molecular weight is 301 g/mol. The van der Waals surface area contributed by atoms with E-state index < -0.39 is 11.6 Å². The molecule has 0 heterocycles. The van der Waals surface area contributed by atoms with Crippen LogP contribution in [0.3, 0.4) is 0 Å². The van der Waals surface area contributed by atoms with Crippen molar-refractivity contribution in [2.45, 2.75) is 51.8 Å². The Morgan fingerprint density at radius 1 is 1.25 bits per heavy atom. The zero-order valence-electron chi connectivity index (χ0n) is 12.4. The van der Waals surface area contributed by atoms with Gasteiger partial charge >= 0.3 is 0 Å². The molecule has 0 aliphatic heterocycles. The van der Waals surface area contributed by atoms with Crippen molar-refractivity contribution in [1.82, 2.24) is 0 Å². The van der Waals surface area contributed by atoms with E-state index in [0.29, 0.717) is 23.8 Å². The summed E-state index contributed by atoms with van der Waals surface area (Å²) in [6.45, 7) is 6.52. The van der Waals surface area contributed by atoms with Gasteiger partial charge in [-0.05, 0) is 48.1 Å². The summed E-state index contributed by atoms with van der Waals surface area (Å²) in [4.78, 5) is 0. The Morgan fingerprint density at radius 3 is 2.55 bits per heavy atom. The van der Waals surface area contributed by atoms with E-state index in [9.17, 15) is 8.78 Å². The summed E-state index contributed by atoms with van der Waals surface area (Å²) in [6, 6.07) is 3.85. The van der Waals surface area contributed by atoms with Crippen molar-refractivity contribution < 1.29 is 8.78 Å². The van der Waals surface area contributed by atoms with Gasteiger partial charge in [-0.1, -0.05) is 33.3 Å². The molecule has 0 spiro atoms. The first-order chi connectivity index (χ1) is 9.29. The van der Waals surface area contributed by atoms with Crippen LogP contribution in [0.5, 0.6) is 0 Å². The van der Waals surface area contributed by atoms with E-state index in [-0.39, 0.29) is 10.8 Å². The minimum Gasteiger partial charge on any atom is -0.207 e. The van der Waals surface area contributed by atoms with Crippen LogP contribution in [0.4, 0.5) is 8.78 Å². The lowest BCUT2D eigenvalue weighted by Crippen LogP contribution is -2.37. The largest absolute Gasteiger partial charge is 0.207 e. The molecule has 1 aliphatic carbocycles. The van der Waals surface area contributed by atoms with E-state index in [4.69, 9.17) is 11.6 Å². The predicted octanol–water partition coefficient (Wildman–Crippen LogP) is 5.58. The number of hydrogen-bond acceptors (Lipinski definition) is 0. The van der Waals surface area contributed by atoms with Gasteiger partial charge < -0.3 is 0 Å². The zero-order chi connectivity index (χ0) is 14.9. The lowest BCUT2D eigenvalue weighted by atomic mass is 9.66. The normalized spacial score (nSPS) is 27.6. The van der Waals surface area contributed by atoms with Gasteiger partial charge in [-0.25, -0.2) is 8.78 Å². The summed E-state index contributed by atoms with van der Waals surface area (Å²) in [5, 5.41) is 0.150. The number of rotatable bonds is 3. The molecule has 0 aromatic heterocycles. The second-order valence-electron chi connectivity index (χ2n) is 6.94. The lowest BCUT2D eigenvalue weighted by molar-refractivity contribution is 0.140. The molecule has 1 aromatic carbocycles. The average Bonchev–Trinajstić information content (AvgIpc) is 2.32. The van der Waals surface area contributed by atoms with Crippen LogP contribution in [-0.4, -0.2) is 5.38 Å². The second-order valence-corrected chi connectivity index (χ2v) is 7.50. The van der Waals surface area contributed by atoms with Crippen molar-refractivity contribution in [1.29, 1.82) is 0 Å². The van der Waals surface area contributed by atoms with Crippen molar-refractivity contribution in [3.63, 3.8) is 0 Å². The second kappa shape index (κ2) is 6.01. The quantitative estimate of drug-likeness (QED) is 0.639. The van der Waals surface area contributed by atoms with E-state index in [0.717, 1.165) is 18.9 Å². The van der Waals surface area contributed by atoms with E-state index in [1.165, 1.54) is 12.5 Å². The van der Waals surface area contributed by atoms with Crippen molar-refractivity contribution in [3.8, 4) is 0 Å². The number of benzene rings is 1. The highest BCUT2D eigenvalue weighted by Gasteiger charge is 2.38. The van der Waals surface area contributed by atoms with Crippen molar-refractivity contribution in [2.24, 2.45) is 17.3 Å². The first-order valence-corrected chi connectivity index (χ1v) is 7.81. The number of hydrogen-bond donors (Lipinski definition) is 0. The maximum absolute atomic E-state index is 13.8. The molecule has 1 aromatic rings. The Bertz CT molecular complexity index is 470. The van der Waals surface area contributed by atoms with Gasteiger partial charge in [0.2, 0.25) is 0 Å². The maximum atomic E-state index is 13.8. The topological polar surface area (TPSA) is 0 Å². The molecule has 0 radical (unpaired) electrons. The van der Waals surface area contributed by atoms with Crippen molar-refractivity contribution in [3.05, 3.63) is 35.4 Å². The van der Waals surface area contributed by atoms with Crippen molar-refractivity contribution in [2.75, 3.05) is 0 Å². The first-order valence-electron chi connectivity index (χ1n) is 7.37. The Kier molecular flexibility index (Phi) is 4.73. The third-order valence-corrected chi connectivity index (χ3v) is 5.18. The monoisotopic (exact) mass is 300 g/mol. The van der Waals surface area contributed by atoms with Gasteiger partial charge in [-0.3, -0.25) is 0 Å². The molecule has 1 saturated carbocycles. The fourth-order valence-corrected chi connectivity index (χ4v) is 4.25. The Morgan fingerprint density at radius 2 is 1.95 bits per heavy atom. The van der Waals surface area contributed by atoms with Crippen LogP contribution >= 0.6 is 11.6 Å². The molecule has 20 heavy (non-hydrogen) atoms. The molecule has 3 unspecified atom stereocenters. The molecule has 1 fully saturated rings. The third-order valence-electron chi connectivity index (χ3n) is 4.70.